The molecule has 0 aliphatic carbocycles. The van der Waals surface area contributed by atoms with Crippen molar-refractivity contribution in [2.24, 2.45) is 5.92 Å². The Hall–Kier alpha value is -2.10. The molecule has 0 saturated carbocycles. The molecule has 3 heteroatoms. The van der Waals surface area contributed by atoms with Gasteiger partial charge in [-0.05, 0) is 99.4 Å². The van der Waals surface area contributed by atoms with Gasteiger partial charge in [-0.15, -0.1) is 0 Å². The van der Waals surface area contributed by atoms with Crippen molar-refractivity contribution >= 4 is 6.08 Å². The maximum absolute atomic E-state index is 5.97. The van der Waals surface area contributed by atoms with Gasteiger partial charge in [0.15, 0.2) is 0 Å². The summed E-state index contributed by atoms with van der Waals surface area (Å²) >= 11 is 0. The van der Waals surface area contributed by atoms with E-state index in [1.54, 1.807) is 0 Å². The van der Waals surface area contributed by atoms with Crippen LogP contribution in [0.3, 0.4) is 0 Å². The first-order valence-electron chi connectivity index (χ1n) is 12.3. The van der Waals surface area contributed by atoms with Gasteiger partial charge >= 0.3 is 0 Å². The molecule has 0 radical (unpaired) electrons. The van der Waals surface area contributed by atoms with Crippen molar-refractivity contribution in [2.45, 2.75) is 44.9 Å². The molecule has 166 valence electrons. The zero-order valence-electron chi connectivity index (χ0n) is 18.9. The summed E-state index contributed by atoms with van der Waals surface area (Å²) in [5, 5.41) is 3.44. The second kappa shape index (κ2) is 12.1. The summed E-state index contributed by atoms with van der Waals surface area (Å²) in [5.41, 5.74) is 3.77. The van der Waals surface area contributed by atoms with Gasteiger partial charge in [0, 0.05) is 6.54 Å². The van der Waals surface area contributed by atoms with E-state index in [9.17, 15) is 0 Å². The molecule has 0 amide bonds. The summed E-state index contributed by atoms with van der Waals surface area (Å²) in [6.45, 7) is 6.76. The molecule has 0 aromatic heterocycles. The fourth-order valence-corrected chi connectivity index (χ4v) is 4.74. The third-order valence-electron chi connectivity index (χ3n) is 6.71. The minimum Gasteiger partial charge on any atom is -0.494 e. The SMILES string of the molecule is C(=C/c1ccc(-c2ccc(OCCCC3CCNCC3)cc2)cc1)/CN1CCCCC1. The zero-order valence-corrected chi connectivity index (χ0v) is 18.9. The summed E-state index contributed by atoms with van der Waals surface area (Å²) < 4.78 is 5.97. The van der Waals surface area contributed by atoms with Crippen LogP contribution in [0.25, 0.3) is 17.2 Å². The van der Waals surface area contributed by atoms with Gasteiger partial charge in [0.25, 0.3) is 0 Å². The molecule has 2 aliphatic heterocycles. The van der Waals surface area contributed by atoms with Gasteiger partial charge in [-0.3, -0.25) is 4.90 Å². The molecule has 2 aromatic rings. The number of hydrogen-bond donors (Lipinski definition) is 1. The van der Waals surface area contributed by atoms with Crippen LogP contribution in [0.1, 0.15) is 50.5 Å². The molecule has 0 unspecified atom stereocenters. The van der Waals surface area contributed by atoms with Gasteiger partial charge in [-0.2, -0.15) is 0 Å². The molecule has 1 N–H and O–H groups in total. The minimum atomic E-state index is 0.821. The lowest BCUT2D eigenvalue weighted by Gasteiger charge is -2.24. The highest BCUT2D eigenvalue weighted by Crippen LogP contribution is 2.24. The molecule has 31 heavy (non-hydrogen) atoms. The van der Waals surface area contributed by atoms with Crippen molar-refractivity contribution in [3.8, 4) is 16.9 Å². The predicted molar refractivity (Wildman–Crippen MR) is 132 cm³/mol. The molecule has 2 heterocycles. The van der Waals surface area contributed by atoms with Crippen molar-refractivity contribution in [3.63, 3.8) is 0 Å². The lowest BCUT2D eigenvalue weighted by molar-refractivity contribution is 0.252. The number of benzene rings is 2. The summed E-state index contributed by atoms with van der Waals surface area (Å²) in [5.74, 6) is 1.86. The van der Waals surface area contributed by atoms with Crippen molar-refractivity contribution < 1.29 is 4.74 Å². The highest BCUT2D eigenvalue weighted by Gasteiger charge is 2.12. The fraction of sp³-hybridized carbons (Fsp3) is 0.500. The van der Waals surface area contributed by atoms with Gasteiger partial charge in [-0.25, -0.2) is 0 Å². The molecule has 2 aromatic carbocycles. The number of nitrogens with zero attached hydrogens (tertiary/aromatic N) is 1. The van der Waals surface area contributed by atoms with Crippen LogP contribution in [0, 0.1) is 5.92 Å². The third-order valence-corrected chi connectivity index (χ3v) is 6.71. The summed E-state index contributed by atoms with van der Waals surface area (Å²) in [6.07, 6.45) is 13.7. The van der Waals surface area contributed by atoms with Gasteiger partial charge < -0.3 is 10.1 Å². The monoisotopic (exact) mass is 418 g/mol. The Morgan fingerprint density at radius 1 is 0.871 bits per heavy atom. The van der Waals surface area contributed by atoms with Crippen LogP contribution in [0.15, 0.2) is 54.6 Å². The van der Waals surface area contributed by atoms with Crippen LogP contribution in [0.4, 0.5) is 0 Å². The molecule has 0 spiro atoms. The van der Waals surface area contributed by atoms with E-state index in [0.29, 0.717) is 0 Å². The average molecular weight is 419 g/mol. The number of ether oxygens (including phenoxy) is 1. The average Bonchev–Trinajstić information content (AvgIpc) is 2.84. The van der Waals surface area contributed by atoms with Crippen LogP contribution in [0.5, 0.6) is 5.75 Å². The predicted octanol–water partition coefficient (Wildman–Crippen LogP) is 6.01. The molecule has 2 saturated heterocycles. The van der Waals surface area contributed by atoms with E-state index >= 15 is 0 Å². The third kappa shape index (κ3) is 7.22. The van der Waals surface area contributed by atoms with E-state index in [-0.39, 0.29) is 0 Å². The van der Waals surface area contributed by atoms with E-state index < -0.39 is 0 Å². The summed E-state index contributed by atoms with van der Waals surface area (Å²) in [6, 6.07) is 17.4. The number of piperidine rings is 2. The Morgan fingerprint density at radius 3 is 2.26 bits per heavy atom. The van der Waals surface area contributed by atoms with Gasteiger partial charge in [-0.1, -0.05) is 55.0 Å². The minimum absolute atomic E-state index is 0.821. The molecule has 3 nitrogen and oxygen atoms in total. The lowest BCUT2D eigenvalue weighted by Crippen LogP contribution is -2.29. The van der Waals surface area contributed by atoms with E-state index in [1.165, 1.54) is 81.4 Å². The fourth-order valence-electron chi connectivity index (χ4n) is 4.74. The Bertz CT molecular complexity index is 785. The Kier molecular flexibility index (Phi) is 8.61. The molecule has 0 bridgehead atoms. The summed E-state index contributed by atoms with van der Waals surface area (Å²) in [7, 11) is 0. The smallest absolute Gasteiger partial charge is 0.119 e. The number of rotatable bonds is 9. The normalized spacial score (nSPS) is 18.5. The van der Waals surface area contributed by atoms with Crippen molar-refractivity contribution in [1.29, 1.82) is 0 Å². The Morgan fingerprint density at radius 2 is 1.55 bits per heavy atom. The Labute approximate surface area is 188 Å². The maximum atomic E-state index is 5.97. The van der Waals surface area contributed by atoms with E-state index in [1.807, 2.05) is 0 Å². The first-order valence-corrected chi connectivity index (χ1v) is 12.3. The molecule has 4 rings (SSSR count). The topological polar surface area (TPSA) is 24.5 Å². The highest BCUT2D eigenvalue weighted by atomic mass is 16.5. The molecule has 0 atom stereocenters. The van der Waals surface area contributed by atoms with Gasteiger partial charge in [0.2, 0.25) is 0 Å². The second-order valence-electron chi connectivity index (χ2n) is 9.09. The Balaban J connectivity index is 1.21. The van der Waals surface area contributed by atoms with Gasteiger partial charge in [0.1, 0.15) is 5.75 Å². The number of hydrogen-bond acceptors (Lipinski definition) is 3. The van der Waals surface area contributed by atoms with Crippen molar-refractivity contribution in [3.05, 3.63) is 60.2 Å². The quantitative estimate of drug-likeness (QED) is 0.505. The largest absolute Gasteiger partial charge is 0.494 e. The maximum Gasteiger partial charge on any atom is 0.119 e. The first-order chi connectivity index (χ1) is 15.4. The van der Waals surface area contributed by atoms with E-state index in [2.05, 4.69) is 70.9 Å². The summed E-state index contributed by atoms with van der Waals surface area (Å²) in [4.78, 5) is 2.55. The molecular formula is C28H38N2O. The van der Waals surface area contributed by atoms with Crippen LogP contribution in [-0.2, 0) is 0 Å². The highest BCUT2D eigenvalue weighted by molar-refractivity contribution is 5.66. The lowest BCUT2D eigenvalue weighted by atomic mass is 9.93. The number of likely N-dealkylation sites (tertiary alicyclic amines) is 1. The molecule has 2 aliphatic rings. The molecule has 2 fully saturated rings. The van der Waals surface area contributed by atoms with Crippen LogP contribution in [-0.4, -0.2) is 44.2 Å². The van der Waals surface area contributed by atoms with Crippen molar-refractivity contribution in [2.75, 3.05) is 39.3 Å². The van der Waals surface area contributed by atoms with Crippen LogP contribution >= 0.6 is 0 Å². The molecular weight excluding hydrogens is 380 g/mol. The van der Waals surface area contributed by atoms with E-state index in [0.717, 1.165) is 31.2 Å². The van der Waals surface area contributed by atoms with Gasteiger partial charge in [0.05, 0.1) is 6.61 Å². The first kappa shape index (κ1) is 22.1. The zero-order chi connectivity index (χ0) is 21.1. The second-order valence-corrected chi connectivity index (χ2v) is 9.09. The van der Waals surface area contributed by atoms with Crippen LogP contribution < -0.4 is 10.1 Å². The van der Waals surface area contributed by atoms with Crippen LogP contribution in [0.2, 0.25) is 0 Å². The van der Waals surface area contributed by atoms with E-state index in [4.69, 9.17) is 4.74 Å². The number of nitrogens with one attached hydrogen (secondary N) is 1. The standard InChI is InChI=1S/C28H38N2O/c1-2-20-30(21-3-1)22-4-6-24-8-10-26(11-9-24)27-12-14-28(15-13-27)31-23-5-7-25-16-18-29-19-17-25/h4,6,8-15,25,29H,1-3,5,7,16-23H2/b6-4-. The van der Waals surface area contributed by atoms with Crippen molar-refractivity contribution in [1.82, 2.24) is 10.2 Å².